The first-order chi connectivity index (χ1) is 13.0. The molecule has 2 aliphatic rings. The Labute approximate surface area is 157 Å². The van der Waals surface area contributed by atoms with Crippen molar-refractivity contribution in [2.24, 2.45) is 11.8 Å². The Hall–Kier alpha value is -2.61. The Morgan fingerprint density at radius 1 is 1.30 bits per heavy atom. The molecular weight excluding hydrogens is 350 g/mol. The molecule has 0 unspecified atom stereocenters. The van der Waals surface area contributed by atoms with E-state index in [1.165, 1.54) is 7.11 Å². The topological polar surface area (TPSA) is 97.9 Å². The Balaban J connectivity index is 1.43. The summed E-state index contributed by atoms with van der Waals surface area (Å²) >= 11 is 0. The lowest BCUT2D eigenvalue weighted by molar-refractivity contribution is -0.0231. The summed E-state index contributed by atoms with van der Waals surface area (Å²) < 4.78 is 15.9. The van der Waals surface area contributed by atoms with Gasteiger partial charge in [0.05, 0.1) is 18.8 Å². The van der Waals surface area contributed by atoms with Gasteiger partial charge in [-0.05, 0) is 48.0 Å². The Morgan fingerprint density at radius 2 is 2.07 bits per heavy atom. The average molecular weight is 373 g/mol. The van der Waals surface area contributed by atoms with Gasteiger partial charge in [-0.2, -0.15) is 4.98 Å². The normalized spacial score (nSPS) is 27.3. The van der Waals surface area contributed by atoms with E-state index in [0.717, 1.165) is 19.5 Å². The van der Waals surface area contributed by atoms with Crippen molar-refractivity contribution < 1.29 is 23.9 Å². The number of hydrogen-bond donors (Lipinski definition) is 1. The zero-order chi connectivity index (χ0) is 19.0. The fourth-order valence-corrected chi connectivity index (χ4v) is 4.09. The number of fused-ring (bicyclic) bond motifs is 1. The molecule has 0 bridgehead atoms. The number of aryl methyl sites for hydroxylation is 1. The van der Waals surface area contributed by atoms with Crippen molar-refractivity contribution in [2.75, 3.05) is 25.1 Å². The van der Waals surface area contributed by atoms with E-state index in [0.29, 0.717) is 41.4 Å². The molecule has 4 atom stereocenters. The summed E-state index contributed by atoms with van der Waals surface area (Å²) in [6.45, 7) is 3.40. The predicted molar refractivity (Wildman–Crippen MR) is 95.7 cm³/mol. The molecular formula is C19H23N3O5. The lowest BCUT2D eigenvalue weighted by atomic mass is 9.78. The van der Waals surface area contributed by atoms with Crippen molar-refractivity contribution in [3.8, 4) is 5.75 Å². The first-order valence-electron chi connectivity index (χ1n) is 9.12. The van der Waals surface area contributed by atoms with Gasteiger partial charge in [0, 0.05) is 20.0 Å². The second kappa shape index (κ2) is 7.19. The summed E-state index contributed by atoms with van der Waals surface area (Å²) in [6.07, 6.45) is 0.534. The largest absolute Gasteiger partial charge is 0.488 e. The molecule has 1 aliphatic heterocycles. The average Bonchev–Trinajstić information content (AvgIpc) is 3.27. The van der Waals surface area contributed by atoms with E-state index >= 15 is 0 Å². The number of methoxy groups -OCH3 is 1. The van der Waals surface area contributed by atoms with Crippen LogP contribution in [0.2, 0.25) is 0 Å². The van der Waals surface area contributed by atoms with Crippen LogP contribution in [0.25, 0.3) is 0 Å². The number of aliphatic hydroxyl groups excluding tert-OH is 1. The molecule has 2 fully saturated rings. The van der Waals surface area contributed by atoms with Crippen LogP contribution in [0, 0.1) is 18.8 Å². The number of ether oxygens (including phenoxy) is 2. The summed E-state index contributed by atoms with van der Waals surface area (Å²) in [5.41, 5.74) is 0.428. The predicted octanol–water partition coefficient (Wildman–Crippen LogP) is 1.82. The van der Waals surface area contributed by atoms with E-state index in [9.17, 15) is 9.90 Å². The number of anilines is 1. The van der Waals surface area contributed by atoms with Gasteiger partial charge in [0.25, 0.3) is 5.95 Å². The number of aromatic nitrogens is 2. The molecule has 0 amide bonds. The maximum absolute atomic E-state index is 11.7. The fraction of sp³-hybridized carbons (Fsp3) is 0.526. The molecule has 144 valence electrons. The second-order valence-electron chi connectivity index (χ2n) is 7.25. The van der Waals surface area contributed by atoms with Gasteiger partial charge in [0.15, 0.2) is 0 Å². The summed E-state index contributed by atoms with van der Waals surface area (Å²) in [7, 11) is 1.35. The molecule has 0 spiro atoms. The molecule has 1 N–H and O–H groups in total. The maximum Gasteiger partial charge on any atom is 0.337 e. The third-order valence-electron chi connectivity index (χ3n) is 5.43. The highest BCUT2D eigenvalue weighted by atomic mass is 16.5. The first kappa shape index (κ1) is 17.8. The second-order valence-corrected chi connectivity index (χ2v) is 7.25. The molecule has 2 heterocycles. The fourth-order valence-electron chi connectivity index (χ4n) is 4.09. The number of esters is 1. The SMILES string of the molecule is COC(=O)c1cccc(O[C@@H]2C[C@@H]3CN(c4noc(C)n4)C[C@@H]3C[C@H]2O)c1. The van der Waals surface area contributed by atoms with Gasteiger partial charge in [0.2, 0.25) is 5.89 Å². The molecule has 4 rings (SSSR count). The Bertz CT molecular complexity index is 823. The van der Waals surface area contributed by atoms with Gasteiger partial charge in [-0.15, -0.1) is 0 Å². The molecule has 1 saturated heterocycles. The van der Waals surface area contributed by atoms with Crippen molar-refractivity contribution in [2.45, 2.75) is 32.0 Å². The molecule has 8 heteroatoms. The number of nitrogens with zero attached hydrogens (tertiary/aromatic N) is 3. The van der Waals surface area contributed by atoms with Crippen LogP contribution >= 0.6 is 0 Å². The first-order valence-corrected chi connectivity index (χ1v) is 9.12. The van der Waals surface area contributed by atoms with Crippen molar-refractivity contribution in [3.63, 3.8) is 0 Å². The van der Waals surface area contributed by atoms with Crippen LogP contribution < -0.4 is 9.64 Å². The molecule has 1 aromatic heterocycles. The molecule has 2 aromatic rings. The lowest BCUT2D eigenvalue weighted by Gasteiger charge is -2.35. The smallest absolute Gasteiger partial charge is 0.337 e. The zero-order valence-electron chi connectivity index (χ0n) is 15.4. The van der Waals surface area contributed by atoms with Gasteiger partial charge < -0.3 is 24.0 Å². The summed E-state index contributed by atoms with van der Waals surface area (Å²) in [4.78, 5) is 18.1. The standard InChI is InChI=1S/C19H23N3O5/c1-11-20-19(21-27-11)22-9-13-7-16(23)17(8-14(13)10-22)26-15-5-3-4-12(6-15)18(24)25-2/h3-6,13-14,16-17,23H,7-10H2,1-2H3/t13-,14+,16+,17+/m0/s1. The Morgan fingerprint density at radius 3 is 2.78 bits per heavy atom. The minimum absolute atomic E-state index is 0.314. The highest BCUT2D eigenvalue weighted by molar-refractivity contribution is 5.89. The van der Waals surface area contributed by atoms with E-state index in [4.69, 9.17) is 14.0 Å². The Kier molecular flexibility index (Phi) is 4.73. The van der Waals surface area contributed by atoms with Crippen LogP contribution in [0.1, 0.15) is 29.1 Å². The highest BCUT2D eigenvalue weighted by Gasteiger charge is 2.43. The summed E-state index contributed by atoms with van der Waals surface area (Å²) in [6, 6.07) is 6.85. The quantitative estimate of drug-likeness (QED) is 0.811. The van der Waals surface area contributed by atoms with Gasteiger partial charge in [-0.1, -0.05) is 6.07 Å². The van der Waals surface area contributed by atoms with Crippen LogP contribution in [-0.2, 0) is 4.74 Å². The minimum Gasteiger partial charge on any atom is -0.488 e. The van der Waals surface area contributed by atoms with Gasteiger partial charge in [-0.3, -0.25) is 0 Å². The van der Waals surface area contributed by atoms with Gasteiger partial charge in [-0.25, -0.2) is 4.79 Å². The van der Waals surface area contributed by atoms with Crippen LogP contribution in [0.15, 0.2) is 28.8 Å². The minimum atomic E-state index is -0.556. The number of benzene rings is 1. The molecule has 8 nitrogen and oxygen atoms in total. The van der Waals surface area contributed by atoms with Gasteiger partial charge >= 0.3 is 5.97 Å². The lowest BCUT2D eigenvalue weighted by Crippen LogP contribution is -2.42. The van der Waals surface area contributed by atoms with Crippen molar-refractivity contribution in [1.82, 2.24) is 10.1 Å². The molecule has 27 heavy (non-hydrogen) atoms. The molecule has 1 aromatic carbocycles. The molecule has 1 aliphatic carbocycles. The number of aliphatic hydroxyl groups is 1. The summed E-state index contributed by atoms with van der Waals surface area (Å²) in [5.74, 6) is 2.07. The van der Waals surface area contributed by atoms with Crippen LogP contribution in [0.4, 0.5) is 5.95 Å². The highest BCUT2D eigenvalue weighted by Crippen LogP contribution is 2.39. The zero-order valence-corrected chi connectivity index (χ0v) is 15.4. The van der Waals surface area contributed by atoms with E-state index in [2.05, 4.69) is 15.0 Å². The molecule has 0 radical (unpaired) electrons. The van der Waals surface area contributed by atoms with Crippen molar-refractivity contribution in [1.29, 1.82) is 0 Å². The van der Waals surface area contributed by atoms with Crippen LogP contribution in [0.3, 0.4) is 0 Å². The number of carbonyl (C=O) groups excluding carboxylic acids is 1. The van der Waals surface area contributed by atoms with Crippen LogP contribution in [-0.4, -0.2) is 53.6 Å². The van der Waals surface area contributed by atoms with Crippen molar-refractivity contribution in [3.05, 3.63) is 35.7 Å². The molecule has 1 saturated carbocycles. The van der Waals surface area contributed by atoms with Gasteiger partial charge in [0.1, 0.15) is 11.9 Å². The van der Waals surface area contributed by atoms with E-state index in [-0.39, 0.29) is 6.10 Å². The number of hydrogen-bond acceptors (Lipinski definition) is 8. The number of rotatable bonds is 4. The van der Waals surface area contributed by atoms with Crippen molar-refractivity contribution >= 4 is 11.9 Å². The van der Waals surface area contributed by atoms with E-state index < -0.39 is 12.1 Å². The summed E-state index contributed by atoms with van der Waals surface area (Å²) in [5, 5.41) is 14.6. The monoisotopic (exact) mass is 373 g/mol. The van der Waals surface area contributed by atoms with Crippen LogP contribution in [0.5, 0.6) is 5.75 Å². The van der Waals surface area contributed by atoms with E-state index in [1.807, 2.05) is 0 Å². The third kappa shape index (κ3) is 3.62. The van der Waals surface area contributed by atoms with E-state index in [1.54, 1.807) is 31.2 Å². The third-order valence-corrected chi connectivity index (χ3v) is 5.43. The maximum atomic E-state index is 11.7. The number of carbonyl (C=O) groups is 1.